The summed E-state index contributed by atoms with van der Waals surface area (Å²) >= 11 is 0. The molecular weight excluding hydrogens is 530 g/mol. The molecule has 3 aromatic carbocycles. The predicted octanol–water partition coefficient (Wildman–Crippen LogP) is 5.96. The Hall–Kier alpha value is -4.46. The van der Waals surface area contributed by atoms with E-state index in [0.29, 0.717) is 22.8 Å². The van der Waals surface area contributed by atoms with Gasteiger partial charge in [0.25, 0.3) is 0 Å². The number of carbonyl (C=O) groups is 2. The average Bonchev–Trinajstić information content (AvgIpc) is 3.43. The molecule has 0 unspecified atom stereocenters. The monoisotopic (exact) mass is 569 g/mol. The maximum absolute atomic E-state index is 14.4. The number of methoxy groups -OCH3 is 3. The molecule has 4 aromatic rings. The number of nitrogens with one attached hydrogen (secondary N) is 2. The van der Waals surface area contributed by atoms with Gasteiger partial charge in [-0.2, -0.15) is 0 Å². The predicted molar refractivity (Wildman–Crippen MR) is 163 cm³/mol. The summed E-state index contributed by atoms with van der Waals surface area (Å²) in [4.78, 5) is 33.6. The fraction of sp³-hybridized carbons (Fsp3) is 0.353. The average molecular weight is 570 g/mol. The van der Waals surface area contributed by atoms with Gasteiger partial charge in [-0.25, -0.2) is 0 Å². The van der Waals surface area contributed by atoms with Crippen LogP contribution in [0.15, 0.2) is 72.9 Å². The van der Waals surface area contributed by atoms with Gasteiger partial charge in [-0.1, -0.05) is 61.7 Å². The van der Waals surface area contributed by atoms with Crippen LogP contribution in [0.1, 0.15) is 54.8 Å². The van der Waals surface area contributed by atoms with Crippen LogP contribution in [0, 0.1) is 0 Å². The van der Waals surface area contributed by atoms with E-state index in [4.69, 9.17) is 14.2 Å². The smallest absolute Gasteiger partial charge is 0.247 e. The number of hydrogen-bond donors (Lipinski definition) is 2. The molecule has 5 rings (SSSR count). The van der Waals surface area contributed by atoms with Crippen molar-refractivity contribution in [2.75, 3.05) is 21.3 Å². The van der Waals surface area contributed by atoms with Crippen molar-refractivity contribution in [2.24, 2.45) is 0 Å². The van der Waals surface area contributed by atoms with Crippen molar-refractivity contribution in [3.8, 4) is 17.2 Å². The van der Waals surface area contributed by atoms with Crippen LogP contribution >= 0.6 is 0 Å². The number of carbonyl (C=O) groups excluding carboxylic acids is 2. The minimum atomic E-state index is -0.908. The van der Waals surface area contributed by atoms with Crippen LogP contribution in [0.4, 0.5) is 0 Å². The van der Waals surface area contributed by atoms with Crippen LogP contribution in [-0.4, -0.2) is 49.1 Å². The molecule has 220 valence electrons. The Bertz CT molecular complexity index is 1520. The lowest BCUT2D eigenvalue weighted by Crippen LogP contribution is -2.47. The number of benzene rings is 3. The molecule has 0 radical (unpaired) electrons. The zero-order valence-corrected chi connectivity index (χ0v) is 24.5. The Balaban J connectivity index is 1.58. The van der Waals surface area contributed by atoms with E-state index in [1.165, 1.54) is 6.42 Å². The Morgan fingerprint density at radius 1 is 0.857 bits per heavy atom. The molecule has 0 aliphatic heterocycles. The normalized spacial score (nSPS) is 14.3. The van der Waals surface area contributed by atoms with Crippen molar-refractivity contribution in [3.63, 3.8) is 0 Å². The number of H-pyrrole nitrogens is 1. The van der Waals surface area contributed by atoms with Crippen LogP contribution in [0.5, 0.6) is 17.2 Å². The molecule has 0 spiro atoms. The fourth-order valence-electron chi connectivity index (χ4n) is 5.91. The molecule has 1 fully saturated rings. The van der Waals surface area contributed by atoms with Gasteiger partial charge in [-0.05, 0) is 48.2 Å². The number of aromatic nitrogens is 1. The molecule has 1 saturated carbocycles. The zero-order valence-electron chi connectivity index (χ0n) is 24.5. The molecule has 1 heterocycles. The molecule has 2 N–H and O–H groups in total. The van der Waals surface area contributed by atoms with Gasteiger partial charge >= 0.3 is 0 Å². The van der Waals surface area contributed by atoms with E-state index in [1.807, 2.05) is 60.8 Å². The van der Waals surface area contributed by atoms with Gasteiger partial charge in [0.15, 0.2) is 11.5 Å². The first-order valence-corrected chi connectivity index (χ1v) is 14.5. The molecule has 1 aliphatic rings. The first kappa shape index (κ1) is 29.0. The molecule has 8 nitrogen and oxygen atoms in total. The summed E-state index contributed by atoms with van der Waals surface area (Å²) in [5, 5.41) is 4.26. The lowest BCUT2D eigenvalue weighted by molar-refractivity contribution is -0.141. The molecule has 0 bridgehead atoms. The van der Waals surface area contributed by atoms with Crippen LogP contribution in [0.3, 0.4) is 0 Å². The Labute approximate surface area is 247 Å². The van der Waals surface area contributed by atoms with Crippen LogP contribution in [-0.2, 0) is 22.6 Å². The SMILES string of the molecule is COc1ccccc1CN(C(=O)Cc1c[nH]c2ccccc12)[C@@H](C(=O)NC1CCCCC1)c1ccc(OC)c(OC)c1. The van der Waals surface area contributed by atoms with E-state index < -0.39 is 6.04 Å². The van der Waals surface area contributed by atoms with Gasteiger partial charge in [-0.3, -0.25) is 9.59 Å². The summed E-state index contributed by atoms with van der Waals surface area (Å²) in [5.74, 6) is 1.31. The van der Waals surface area contributed by atoms with E-state index in [2.05, 4.69) is 10.3 Å². The second-order valence-corrected chi connectivity index (χ2v) is 10.7. The Morgan fingerprint density at radius 3 is 2.33 bits per heavy atom. The highest BCUT2D eigenvalue weighted by atomic mass is 16.5. The van der Waals surface area contributed by atoms with Crippen molar-refractivity contribution < 1.29 is 23.8 Å². The highest BCUT2D eigenvalue weighted by Crippen LogP contribution is 2.35. The van der Waals surface area contributed by atoms with Crippen molar-refractivity contribution in [3.05, 3.63) is 89.6 Å². The van der Waals surface area contributed by atoms with Gasteiger partial charge in [0.1, 0.15) is 11.8 Å². The van der Waals surface area contributed by atoms with E-state index >= 15 is 0 Å². The molecular formula is C34H39N3O5. The fourth-order valence-corrected chi connectivity index (χ4v) is 5.91. The van der Waals surface area contributed by atoms with Crippen molar-refractivity contribution in [2.45, 2.75) is 57.2 Å². The van der Waals surface area contributed by atoms with Crippen LogP contribution < -0.4 is 19.5 Å². The third kappa shape index (κ3) is 6.38. The van der Waals surface area contributed by atoms with Crippen molar-refractivity contribution in [1.29, 1.82) is 0 Å². The maximum Gasteiger partial charge on any atom is 0.247 e. The lowest BCUT2D eigenvalue weighted by Gasteiger charge is -2.34. The summed E-state index contributed by atoms with van der Waals surface area (Å²) in [5.41, 5.74) is 3.29. The number of aromatic amines is 1. The van der Waals surface area contributed by atoms with Gasteiger partial charge < -0.3 is 29.4 Å². The number of nitrogens with zero attached hydrogens (tertiary/aromatic N) is 1. The summed E-state index contributed by atoms with van der Waals surface area (Å²) in [6.45, 7) is 0.183. The van der Waals surface area contributed by atoms with Crippen molar-refractivity contribution in [1.82, 2.24) is 15.2 Å². The molecule has 1 aromatic heterocycles. The number of hydrogen-bond acceptors (Lipinski definition) is 5. The topological polar surface area (TPSA) is 92.9 Å². The molecule has 0 saturated heterocycles. The quantitative estimate of drug-likeness (QED) is 0.233. The molecule has 1 atom stereocenters. The van der Waals surface area contributed by atoms with Gasteiger partial charge in [-0.15, -0.1) is 0 Å². The largest absolute Gasteiger partial charge is 0.496 e. The number of amides is 2. The van der Waals surface area contributed by atoms with E-state index in [0.717, 1.165) is 47.7 Å². The van der Waals surface area contributed by atoms with Crippen LogP contribution in [0.2, 0.25) is 0 Å². The Morgan fingerprint density at radius 2 is 1.57 bits per heavy atom. The summed E-state index contributed by atoms with van der Waals surface area (Å²) in [6.07, 6.45) is 7.19. The summed E-state index contributed by atoms with van der Waals surface area (Å²) in [7, 11) is 4.75. The number of rotatable bonds is 11. The number of ether oxygens (including phenoxy) is 3. The molecule has 1 aliphatic carbocycles. The summed E-state index contributed by atoms with van der Waals surface area (Å²) in [6, 6.07) is 20.1. The van der Waals surface area contributed by atoms with Gasteiger partial charge in [0, 0.05) is 28.7 Å². The Kier molecular flexibility index (Phi) is 9.31. The highest BCUT2D eigenvalue weighted by Gasteiger charge is 2.34. The zero-order chi connectivity index (χ0) is 29.5. The summed E-state index contributed by atoms with van der Waals surface area (Å²) < 4.78 is 16.7. The molecule has 8 heteroatoms. The second kappa shape index (κ2) is 13.5. The minimum Gasteiger partial charge on any atom is -0.496 e. The first-order chi connectivity index (χ1) is 20.5. The third-order valence-electron chi connectivity index (χ3n) is 8.11. The highest BCUT2D eigenvalue weighted by molar-refractivity contribution is 5.92. The number of fused-ring (bicyclic) bond motifs is 1. The molecule has 2 amide bonds. The van der Waals surface area contributed by atoms with E-state index in [9.17, 15) is 9.59 Å². The van der Waals surface area contributed by atoms with E-state index in [1.54, 1.807) is 38.4 Å². The van der Waals surface area contributed by atoms with Crippen LogP contribution in [0.25, 0.3) is 10.9 Å². The van der Waals surface area contributed by atoms with Gasteiger partial charge in [0.2, 0.25) is 11.8 Å². The number of para-hydroxylation sites is 2. The minimum absolute atomic E-state index is 0.0747. The third-order valence-corrected chi connectivity index (χ3v) is 8.11. The first-order valence-electron chi connectivity index (χ1n) is 14.5. The second-order valence-electron chi connectivity index (χ2n) is 10.7. The van der Waals surface area contributed by atoms with Gasteiger partial charge in [0.05, 0.1) is 34.3 Å². The maximum atomic E-state index is 14.4. The standard InChI is InChI=1S/C34H39N3O5/c1-40-29-16-10-7-11-24(29)22-37(32(38)20-25-21-35-28-15-9-8-14-27(25)28)33(34(39)36-26-12-5-4-6-13-26)23-17-18-30(41-2)31(19-23)42-3/h7-11,14-19,21,26,33,35H,4-6,12-13,20,22H2,1-3H3,(H,36,39)/t33-/m1/s1. The lowest BCUT2D eigenvalue weighted by atomic mass is 9.94. The molecule has 42 heavy (non-hydrogen) atoms. The van der Waals surface area contributed by atoms with Crippen molar-refractivity contribution >= 4 is 22.7 Å². The van der Waals surface area contributed by atoms with E-state index in [-0.39, 0.29) is 30.8 Å².